The van der Waals surface area contributed by atoms with Gasteiger partial charge in [0.2, 0.25) is 5.75 Å². The van der Waals surface area contributed by atoms with E-state index in [2.05, 4.69) is 25.2 Å². The van der Waals surface area contributed by atoms with Crippen molar-refractivity contribution in [2.45, 2.75) is 38.8 Å². The number of piperidine rings is 1. The third-order valence-electron chi connectivity index (χ3n) is 5.16. The summed E-state index contributed by atoms with van der Waals surface area (Å²) in [5, 5.41) is 2.98. The lowest BCUT2D eigenvalue weighted by Gasteiger charge is -2.41. The second kappa shape index (κ2) is 8.68. The molecule has 1 saturated heterocycles. The zero-order chi connectivity index (χ0) is 21.1. The number of nitrogens with one attached hydrogen (secondary N) is 1. The first-order valence-electron chi connectivity index (χ1n) is 10.1. The Morgan fingerprint density at radius 1 is 1.30 bits per heavy atom. The first kappa shape index (κ1) is 20.1. The maximum atomic E-state index is 14.0. The molecule has 2 aromatic rings. The molecule has 10 heteroatoms. The van der Waals surface area contributed by atoms with Crippen molar-refractivity contribution in [2.75, 3.05) is 36.5 Å². The maximum Gasteiger partial charge on any atom is 0.410 e. The number of hydrogen-bond acceptors (Lipinski definition) is 8. The molecule has 30 heavy (non-hydrogen) atoms. The van der Waals surface area contributed by atoms with Crippen LogP contribution in [0.4, 0.5) is 26.5 Å². The van der Waals surface area contributed by atoms with Crippen molar-refractivity contribution in [3.63, 3.8) is 0 Å². The van der Waals surface area contributed by atoms with E-state index in [1.807, 2.05) is 13.8 Å². The van der Waals surface area contributed by atoms with Gasteiger partial charge in [-0.15, -0.1) is 0 Å². The first-order chi connectivity index (χ1) is 14.5. The van der Waals surface area contributed by atoms with Gasteiger partial charge in [-0.05, 0) is 32.8 Å². The zero-order valence-electron chi connectivity index (χ0n) is 17.0. The Hall–Kier alpha value is -3.17. The molecular weight excluding hydrogens is 391 g/mol. The Morgan fingerprint density at radius 3 is 2.83 bits per heavy atom. The van der Waals surface area contributed by atoms with Gasteiger partial charge in [-0.1, -0.05) is 0 Å². The van der Waals surface area contributed by atoms with Crippen molar-refractivity contribution in [1.29, 1.82) is 0 Å². The number of aromatic nitrogens is 3. The molecule has 2 aliphatic rings. The Kier molecular flexibility index (Phi) is 5.82. The number of pyridine rings is 1. The average molecular weight is 416 g/mol. The van der Waals surface area contributed by atoms with Crippen LogP contribution in [0.2, 0.25) is 0 Å². The minimum atomic E-state index is -0.474. The largest absolute Gasteiger partial charge is 0.485 e. The monoisotopic (exact) mass is 416 g/mol. The number of hydrogen-bond donors (Lipinski definition) is 1. The van der Waals surface area contributed by atoms with Gasteiger partial charge in [0.15, 0.2) is 17.5 Å². The topological polar surface area (TPSA) is 92.7 Å². The number of anilines is 3. The molecule has 1 N–H and O–H groups in total. The van der Waals surface area contributed by atoms with Crippen LogP contribution in [0, 0.1) is 5.82 Å². The fourth-order valence-electron chi connectivity index (χ4n) is 3.74. The van der Waals surface area contributed by atoms with Gasteiger partial charge in [0.1, 0.15) is 12.9 Å². The number of carbonyl (C=O) groups excluding carboxylic acids is 1. The Balaban J connectivity index is 1.48. The summed E-state index contributed by atoms with van der Waals surface area (Å²) in [4.78, 5) is 28.5. The molecule has 2 aliphatic heterocycles. The standard InChI is InChI=1S/C20H25FN6O3/c1-13(2)30-20(28)26-7-4-14(5-8-26)27-9-10-29-17-18(23-12-24-19(17)27)25-16-3-6-22-11-15(16)21/h3,6,11-14H,4-5,7-10H2,1-2H3,(H,22,23,24,25). The van der Waals surface area contributed by atoms with Crippen LogP contribution in [-0.4, -0.2) is 64.3 Å². The van der Waals surface area contributed by atoms with Gasteiger partial charge < -0.3 is 24.6 Å². The average Bonchev–Trinajstić information content (AvgIpc) is 2.75. The van der Waals surface area contributed by atoms with E-state index >= 15 is 0 Å². The lowest BCUT2D eigenvalue weighted by Crippen LogP contribution is -2.49. The van der Waals surface area contributed by atoms with Crippen LogP contribution in [0.5, 0.6) is 5.75 Å². The highest BCUT2D eigenvalue weighted by Crippen LogP contribution is 2.38. The number of carbonyl (C=O) groups is 1. The molecule has 0 bridgehead atoms. The van der Waals surface area contributed by atoms with Crippen LogP contribution in [-0.2, 0) is 4.74 Å². The van der Waals surface area contributed by atoms with Crippen LogP contribution in [0.3, 0.4) is 0 Å². The van der Waals surface area contributed by atoms with E-state index in [1.54, 1.807) is 4.90 Å². The third-order valence-corrected chi connectivity index (χ3v) is 5.16. The van der Waals surface area contributed by atoms with Gasteiger partial charge in [0, 0.05) is 25.3 Å². The van der Waals surface area contributed by atoms with Crippen LogP contribution in [0.25, 0.3) is 0 Å². The second-order valence-corrected chi connectivity index (χ2v) is 7.55. The van der Waals surface area contributed by atoms with Crippen LogP contribution < -0.4 is 15.0 Å². The smallest absolute Gasteiger partial charge is 0.410 e. The van der Waals surface area contributed by atoms with Gasteiger partial charge in [0.25, 0.3) is 0 Å². The number of amides is 1. The van der Waals surface area contributed by atoms with Gasteiger partial charge >= 0.3 is 6.09 Å². The molecular formula is C20H25FN6O3. The fourth-order valence-corrected chi connectivity index (χ4v) is 3.74. The molecule has 4 rings (SSSR count). The molecule has 0 unspecified atom stereocenters. The minimum absolute atomic E-state index is 0.130. The number of fused-ring (bicyclic) bond motifs is 1. The molecule has 9 nitrogen and oxygen atoms in total. The molecule has 0 aromatic carbocycles. The summed E-state index contributed by atoms with van der Waals surface area (Å²) in [6, 6.07) is 1.76. The molecule has 0 atom stereocenters. The Morgan fingerprint density at radius 2 is 2.10 bits per heavy atom. The predicted molar refractivity (Wildman–Crippen MR) is 109 cm³/mol. The van der Waals surface area contributed by atoms with Crippen molar-refractivity contribution >= 4 is 23.4 Å². The van der Waals surface area contributed by atoms with Gasteiger partial charge in [0.05, 0.1) is 24.5 Å². The molecule has 4 heterocycles. The quantitative estimate of drug-likeness (QED) is 0.813. The van der Waals surface area contributed by atoms with Crippen LogP contribution >= 0.6 is 0 Å². The number of likely N-dealkylation sites (tertiary alicyclic amines) is 1. The van der Waals surface area contributed by atoms with E-state index < -0.39 is 5.82 Å². The number of rotatable bonds is 4. The highest BCUT2D eigenvalue weighted by atomic mass is 19.1. The minimum Gasteiger partial charge on any atom is -0.485 e. The number of halogens is 1. The predicted octanol–water partition coefficient (Wildman–Crippen LogP) is 2.96. The normalized spacial score (nSPS) is 16.8. The summed E-state index contributed by atoms with van der Waals surface area (Å²) in [5.41, 5.74) is 0.267. The fraction of sp³-hybridized carbons (Fsp3) is 0.500. The van der Waals surface area contributed by atoms with Crippen molar-refractivity contribution in [2.24, 2.45) is 0 Å². The van der Waals surface area contributed by atoms with Crippen LogP contribution in [0.15, 0.2) is 24.8 Å². The van der Waals surface area contributed by atoms with E-state index in [-0.39, 0.29) is 23.9 Å². The summed E-state index contributed by atoms with van der Waals surface area (Å²) >= 11 is 0. The molecule has 160 valence electrons. The highest BCUT2D eigenvalue weighted by molar-refractivity contribution is 5.71. The van der Waals surface area contributed by atoms with Gasteiger partial charge in [-0.25, -0.2) is 19.2 Å². The molecule has 1 fully saturated rings. The summed E-state index contributed by atoms with van der Waals surface area (Å²) in [7, 11) is 0. The lowest BCUT2D eigenvalue weighted by molar-refractivity contribution is 0.0687. The number of ether oxygens (including phenoxy) is 2. The maximum absolute atomic E-state index is 14.0. The third kappa shape index (κ3) is 4.22. The van der Waals surface area contributed by atoms with Gasteiger partial charge in [-0.3, -0.25) is 4.98 Å². The Labute approximate surface area is 174 Å². The zero-order valence-corrected chi connectivity index (χ0v) is 17.0. The van der Waals surface area contributed by atoms with E-state index in [0.717, 1.165) is 19.0 Å². The lowest BCUT2D eigenvalue weighted by atomic mass is 10.0. The van der Waals surface area contributed by atoms with Crippen molar-refractivity contribution in [1.82, 2.24) is 19.9 Å². The van der Waals surface area contributed by atoms with E-state index in [1.165, 1.54) is 18.6 Å². The Bertz CT molecular complexity index is 904. The van der Waals surface area contributed by atoms with E-state index in [9.17, 15) is 9.18 Å². The molecule has 2 aromatic heterocycles. The van der Waals surface area contributed by atoms with E-state index in [4.69, 9.17) is 9.47 Å². The SMILES string of the molecule is CC(C)OC(=O)N1CCC(N2CCOc3c(Nc4ccncc4F)ncnc32)CC1. The molecule has 0 spiro atoms. The molecule has 0 saturated carbocycles. The molecule has 1 amide bonds. The highest BCUT2D eigenvalue weighted by Gasteiger charge is 2.33. The summed E-state index contributed by atoms with van der Waals surface area (Å²) < 4.78 is 25.1. The van der Waals surface area contributed by atoms with Crippen molar-refractivity contribution in [3.05, 3.63) is 30.6 Å². The number of nitrogens with zero attached hydrogens (tertiary/aromatic N) is 5. The summed E-state index contributed by atoms with van der Waals surface area (Å²) in [6.07, 6.45) is 5.30. The first-order valence-corrected chi connectivity index (χ1v) is 10.1. The van der Waals surface area contributed by atoms with Gasteiger partial charge in [-0.2, -0.15) is 0 Å². The van der Waals surface area contributed by atoms with Crippen molar-refractivity contribution in [3.8, 4) is 5.75 Å². The van der Waals surface area contributed by atoms with E-state index in [0.29, 0.717) is 43.6 Å². The second-order valence-electron chi connectivity index (χ2n) is 7.55. The molecule has 0 aliphatic carbocycles. The summed E-state index contributed by atoms with van der Waals surface area (Å²) in [5.74, 6) is 1.11. The molecule has 0 radical (unpaired) electrons. The van der Waals surface area contributed by atoms with Crippen molar-refractivity contribution < 1.29 is 18.7 Å². The summed E-state index contributed by atoms with van der Waals surface area (Å²) in [6.45, 7) is 6.11. The van der Waals surface area contributed by atoms with Crippen LogP contribution in [0.1, 0.15) is 26.7 Å².